The minimum atomic E-state index is -3.90. The lowest BCUT2D eigenvalue weighted by atomic mass is 10.0. The summed E-state index contributed by atoms with van der Waals surface area (Å²) in [6.07, 6.45) is 1.95. The van der Waals surface area contributed by atoms with Gasteiger partial charge in [0.15, 0.2) is 0 Å². The van der Waals surface area contributed by atoms with Crippen molar-refractivity contribution in [1.82, 2.24) is 4.72 Å². The summed E-state index contributed by atoms with van der Waals surface area (Å²) in [5.74, 6) is -0.532. The molecular weight excluding hydrogens is 267 g/mol. The average molecular weight is 282 g/mol. The first-order valence-corrected chi connectivity index (χ1v) is 7.49. The van der Waals surface area contributed by atoms with Crippen molar-refractivity contribution in [2.24, 2.45) is 5.92 Å². The fourth-order valence-corrected chi connectivity index (χ4v) is 3.77. The molecule has 1 aromatic carbocycles. The molecule has 6 heteroatoms. The first-order valence-electron chi connectivity index (χ1n) is 6.00. The van der Waals surface area contributed by atoms with Crippen LogP contribution in [-0.4, -0.2) is 14.0 Å². The van der Waals surface area contributed by atoms with Gasteiger partial charge in [0.1, 0.15) is 22.3 Å². The molecule has 0 unspecified atom stereocenters. The molecule has 0 atom stereocenters. The molecule has 0 aromatic heterocycles. The van der Waals surface area contributed by atoms with Crippen LogP contribution >= 0.6 is 0 Å². The Bertz CT molecular complexity index is 643. The summed E-state index contributed by atoms with van der Waals surface area (Å²) in [6.45, 7) is 3.60. The molecule has 0 radical (unpaired) electrons. The lowest BCUT2D eigenvalue weighted by Crippen LogP contribution is -2.45. The first-order chi connectivity index (χ1) is 8.78. The number of nitrogens with zero attached hydrogens (tertiary/aromatic N) is 1. The molecule has 1 N–H and O–H groups in total. The Kier molecular flexibility index (Phi) is 3.37. The van der Waals surface area contributed by atoms with Crippen LogP contribution in [0.2, 0.25) is 0 Å². The number of sulfonamides is 1. The molecule has 1 aliphatic carbocycles. The van der Waals surface area contributed by atoms with E-state index in [0.29, 0.717) is 5.92 Å². The lowest BCUT2D eigenvalue weighted by Gasteiger charge is -2.26. The third-order valence-corrected chi connectivity index (χ3v) is 5.09. The molecule has 4 nitrogen and oxygen atoms in total. The van der Waals surface area contributed by atoms with Crippen molar-refractivity contribution < 1.29 is 12.8 Å². The van der Waals surface area contributed by atoms with Gasteiger partial charge in [0.25, 0.3) is 0 Å². The van der Waals surface area contributed by atoms with E-state index >= 15 is 0 Å². The van der Waals surface area contributed by atoms with Gasteiger partial charge in [-0.15, -0.1) is 0 Å². The van der Waals surface area contributed by atoms with E-state index in [0.717, 1.165) is 18.9 Å². The smallest absolute Gasteiger partial charge is 0.207 e. The molecule has 0 spiro atoms. The Morgan fingerprint density at radius 2 is 2.05 bits per heavy atom. The Balaban J connectivity index is 2.40. The van der Waals surface area contributed by atoms with E-state index in [1.165, 1.54) is 12.1 Å². The molecule has 19 heavy (non-hydrogen) atoms. The van der Waals surface area contributed by atoms with E-state index in [1.54, 1.807) is 19.9 Å². The van der Waals surface area contributed by atoms with Gasteiger partial charge in [0.2, 0.25) is 10.0 Å². The first kappa shape index (κ1) is 14.0. The number of hydrogen-bond acceptors (Lipinski definition) is 3. The van der Waals surface area contributed by atoms with E-state index in [2.05, 4.69) is 4.72 Å². The minimum absolute atomic E-state index is 0.293. The summed E-state index contributed by atoms with van der Waals surface area (Å²) in [5.41, 5.74) is -1.03. The van der Waals surface area contributed by atoms with Gasteiger partial charge in [-0.3, -0.25) is 0 Å². The minimum Gasteiger partial charge on any atom is -0.207 e. The summed E-state index contributed by atoms with van der Waals surface area (Å²) in [6, 6.07) is 5.21. The third-order valence-electron chi connectivity index (χ3n) is 3.37. The number of benzene rings is 1. The van der Waals surface area contributed by atoms with E-state index in [4.69, 9.17) is 5.26 Å². The topological polar surface area (TPSA) is 70.0 Å². The third kappa shape index (κ3) is 2.77. The summed E-state index contributed by atoms with van der Waals surface area (Å²) in [4.78, 5) is -0.302. The predicted octanol–water partition coefficient (Wildman–Crippen LogP) is 2.16. The number of nitrogens with one attached hydrogen (secondary N) is 1. The maximum atomic E-state index is 13.5. The fourth-order valence-electron chi connectivity index (χ4n) is 2.13. The highest BCUT2D eigenvalue weighted by Gasteiger charge is 2.41. The number of halogens is 1. The van der Waals surface area contributed by atoms with Crippen molar-refractivity contribution in [3.63, 3.8) is 0 Å². The second-order valence-electron chi connectivity index (χ2n) is 5.33. The van der Waals surface area contributed by atoms with Crippen molar-refractivity contribution in [2.75, 3.05) is 0 Å². The monoisotopic (exact) mass is 282 g/mol. The van der Waals surface area contributed by atoms with E-state index in [9.17, 15) is 12.8 Å². The Morgan fingerprint density at radius 1 is 1.42 bits per heavy atom. The molecule has 1 saturated carbocycles. The van der Waals surface area contributed by atoms with Gasteiger partial charge in [-0.1, -0.05) is 6.07 Å². The quantitative estimate of drug-likeness (QED) is 0.920. The molecule has 1 aromatic rings. The van der Waals surface area contributed by atoms with Crippen LogP contribution in [0.1, 0.15) is 32.3 Å². The maximum Gasteiger partial charge on any atom is 0.242 e. The van der Waals surface area contributed by atoms with Gasteiger partial charge in [-0.05, 0) is 44.7 Å². The maximum absolute atomic E-state index is 13.5. The van der Waals surface area contributed by atoms with Gasteiger partial charge >= 0.3 is 0 Å². The highest BCUT2D eigenvalue weighted by atomic mass is 32.2. The number of hydrogen-bond donors (Lipinski definition) is 1. The van der Waals surface area contributed by atoms with Crippen LogP contribution in [0, 0.1) is 23.1 Å². The van der Waals surface area contributed by atoms with Crippen molar-refractivity contribution >= 4 is 10.0 Å². The highest BCUT2D eigenvalue weighted by molar-refractivity contribution is 7.89. The largest absolute Gasteiger partial charge is 0.242 e. The van der Waals surface area contributed by atoms with Gasteiger partial charge in [0, 0.05) is 5.54 Å². The summed E-state index contributed by atoms with van der Waals surface area (Å²) in [5, 5.41) is 8.90. The van der Waals surface area contributed by atoms with Crippen LogP contribution in [0.15, 0.2) is 23.1 Å². The molecular formula is C13H15FN2O2S. The molecule has 1 aliphatic rings. The molecule has 0 aliphatic heterocycles. The fraction of sp³-hybridized carbons (Fsp3) is 0.462. The highest BCUT2D eigenvalue weighted by Crippen LogP contribution is 2.40. The molecule has 2 rings (SSSR count). The van der Waals surface area contributed by atoms with Crippen LogP contribution in [0.4, 0.5) is 4.39 Å². The Morgan fingerprint density at radius 3 is 2.58 bits per heavy atom. The summed E-state index contributed by atoms with van der Waals surface area (Å²) < 4.78 is 40.6. The van der Waals surface area contributed by atoms with Gasteiger partial charge in [-0.2, -0.15) is 5.26 Å². The van der Waals surface area contributed by atoms with Crippen LogP contribution in [0.3, 0.4) is 0 Å². The number of nitriles is 1. The summed E-state index contributed by atoms with van der Waals surface area (Å²) in [7, 11) is -3.90. The second kappa shape index (κ2) is 4.58. The Labute approximate surface area is 112 Å². The van der Waals surface area contributed by atoms with Crippen LogP contribution < -0.4 is 4.72 Å². The van der Waals surface area contributed by atoms with E-state index < -0.39 is 26.9 Å². The molecule has 0 saturated heterocycles. The normalized spacial score (nSPS) is 16.1. The predicted molar refractivity (Wildman–Crippen MR) is 68.2 cm³/mol. The molecule has 0 amide bonds. The average Bonchev–Trinajstić information content (AvgIpc) is 3.11. The van der Waals surface area contributed by atoms with Crippen LogP contribution in [0.25, 0.3) is 0 Å². The van der Waals surface area contributed by atoms with Crippen LogP contribution in [-0.2, 0) is 10.0 Å². The summed E-state index contributed by atoms with van der Waals surface area (Å²) >= 11 is 0. The van der Waals surface area contributed by atoms with Gasteiger partial charge in [0.05, 0.1) is 0 Å². The number of rotatable bonds is 4. The second-order valence-corrected chi connectivity index (χ2v) is 6.98. The lowest BCUT2D eigenvalue weighted by molar-refractivity contribution is 0.400. The van der Waals surface area contributed by atoms with Crippen molar-refractivity contribution in [3.05, 3.63) is 29.6 Å². The molecule has 0 heterocycles. The zero-order valence-corrected chi connectivity index (χ0v) is 11.6. The van der Waals surface area contributed by atoms with Crippen molar-refractivity contribution in [3.8, 4) is 6.07 Å². The molecule has 1 fully saturated rings. The van der Waals surface area contributed by atoms with E-state index in [-0.39, 0.29) is 4.90 Å². The SMILES string of the molecule is CC(C)(NS(=O)(=O)c1cccc(F)c1C#N)C1CC1. The standard InChI is InChI=1S/C13H15FN2O2S/c1-13(2,9-6-7-9)16-19(17,18)12-5-3-4-11(14)10(12)8-15/h3-5,9,16H,6-7H2,1-2H3. The Hall–Kier alpha value is -1.45. The van der Waals surface area contributed by atoms with Gasteiger partial charge in [-0.25, -0.2) is 17.5 Å². The molecule has 102 valence electrons. The van der Waals surface area contributed by atoms with Crippen LogP contribution in [0.5, 0.6) is 0 Å². The zero-order valence-electron chi connectivity index (χ0n) is 10.8. The molecule has 0 bridgehead atoms. The van der Waals surface area contributed by atoms with E-state index in [1.807, 2.05) is 0 Å². The zero-order chi connectivity index (χ0) is 14.3. The van der Waals surface area contributed by atoms with Crippen molar-refractivity contribution in [1.29, 1.82) is 5.26 Å². The van der Waals surface area contributed by atoms with Gasteiger partial charge < -0.3 is 0 Å². The van der Waals surface area contributed by atoms with Crippen molar-refractivity contribution in [2.45, 2.75) is 37.1 Å².